The maximum Gasteiger partial charge on any atom is 0.114 e. The van der Waals surface area contributed by atoms with Gasteiger partial charge in [0.2, 0.25) is 0 Å². The minimum atomic E-state index is 1.03. The van der Waals surface area contributed by atoms with Crippen LogP contribution in [0.15, 0.2) is 30.5 Å². The summed E-state index contributed by atoms with van der Waals surface area (Å²) >= 11 is 1.89. The van der Waals surface area contributed by atoms with E-state index < -0.39 is 0 Å². The summed E-state index contributed by atoms with van der Waals surface area (Å²) in [4.78, 5) is 10.7. The van der Waals surface area contributed by atoms with Gasteiger partial charge in [-0.05, 0) is 37.8 Å². The van der Waals surface area contributed by atoms with Crippen molar-refractivity contribution in [1.82, 2.24) is 9.97 Å². The number of para-hydroxylation sites is 1. The van der Waals surface area contributed by atoms with Crippen LogP contribution in [0, 0.1) is 6.92 Å². The second kappa shape index (κ2) is 5.76. The van der Waals surface area contributed by atoms with Crippen LogP contribution in [0.25, 0.3) is 10.9 Å². The summed E-state index contributed by atoms with van der Waals surface area (Å²) in [5.74, 6) is 0. The maximum atomic E-state index is 4.80. The predicted octanol–water partition coefficient (Wildman–Crippen LogP) is 4.32. The van der Waals surface area contributed by atoms with Gasteiger partial charge in [-0.25, -0.2) is 4.98 Å². The maximum absolute atomic E-state index is 4.80. The molecule has 0 unspecified atom stereocenters. The van der Waals surface area contributed by atoms with E-state index in [9.17, 15) is 0 Å². The Morgan fingerprint density at radius 1 is 1.18 bits per heavy atom. The van der Waals surface area contributed by atoms with Gasteiger partial charge in [-0.3, -0.25) is 0 Å². The highest BCUT2D eigenvalue weighted by atomic mass is 32.1. The molecular weight excluding hydrogens is 290 g/mol. The number of H-pyrrole nitrogens is 1. The van der Waals surface area contributed by atoms with Crippen LogP contribution in [0.1, 0.15) is 29.1 Å². The monoisotopic (exact) mass is 311 g/mol. The number of aryl methyl sites for hydroxylation is 3. The van der Waals surface area contributed by atoms with Crippen molar-refractivity contribution in [2.24, 2.45) is 0 Å². The van der Waals surface area contributed by atoms with Crippen LogP contribution in [-0.2, 0) is 12.8 Å². The predicted molar refractivity (Wildman–Crippen MR) is 94.0 cm³/mol. The van der Waals surface area contributed by atoms with Gasteiger partial charge in [0.05, 0.1) is 10.7 Å². The summed E-state index contributed by atoms with van der Waals surface area (Å²) in [6, 6.07) is 8.52. The number of aromatic amines is 1. The third kappa shape index (κ3) is 2.52. The molecule has 1 saturated heterocycles. The number of thiazole rings is 1. The average Bonchev–Trinajstić information content (AvgIpc) is 3.24. The van der Waals surface area contributed by atoms with Crippen molar-refractivity contribution in [2.45, 2.75) is 32.6 Å². The molecule has 1 N–H and O–H groups in total. The highest BCUT2D eigenvalue weighted by Crippen LogP contribution is 2.31. The minimum Gasteiger partial charge on any atom is -0.362 e. The molecule has 1 aliphatic rings. The molecule has 22 heavy (non-hydrogen) atoms. The summed E-state index contributed by atoms with van der Waals surface area (Å²) in [6.45, 7) is 4.55. The van der Waals surface area contributed by atoms with Crippen LogP contribution in [0.3, 0.4) is 0 Å². The number of aromatic nitrogens is 2. The van der Waals surface area contributed by atoms with E-state index in [0.717, 1.165) is 12.8 Å². The molecule has 0 saturated carbocycles. The molecule has 2 aromatic heterocycles. The van der Waals surface area contributed by atoms with Crippen molar-refractivity contribution in [2.75, 3.05) is 18.0 Å². The van der Waals surface area contributed by atoms with Gasteiger partial charge in [-0.2, -0.15) is 0 Å². The van der Waals surface area contributed by atoms with Crippen LogP contribution >= 0.6 is 11.3 Å². The summed E-state index contributed by atoms with van der Waals surface area (Å²) in [5.41, 5.74) is 3.83. The Balaban J connectivity index is 1.51. The number of fused-ring (bicyclic) bond motifs is 1. The van der Waals surface area contributed by atoms with Gasteiger partial charge in [0, 0.05) is 36.6 Å². The topological polar surface area (TPSA) is 31.9 Å². The minimum absolute atomic E-state index is 1.03. The fourth-order valence-electron chi connectivity index (χ4n) is 3.34. The van der Waals surface area contributed by atoms with Crippen LogP contribution < -0.4 is 4.90 Å². The standard InChI is InChI=1S/C18H21N3S/c1-13-18(21-10-4-5-11-21)22-17(20-13)9-8-14-12-19-16-7-3-2-6-15(14)16/h2-3,6-7,12,19H,4-5,8-11H2,1H3. The van der Waals surface area contributed by atoms with E-state index in [1.807, 2.05) is 11.3 Å². The first kappa shape index (κ1) is 13.8. The Morgan fingerprint density at radius 3 is 2.86 bits per heavy atom. The van der Waals surface area contributed by atoms with E-state index in [4.69, 9.17) is 4.98 Å². The number of hydrogen-bond donors (Lipinski definition) is 1. The largest absolute Gasteiger partial charge is 0.362 e. The van der Waals surface area contributed by atoms with Crippen molar-refractivity contribution >= 4 is 27.2 Å². The highest BCUT2D eigenvalue weighted by Gasteiger charge is 2.18. The molecule has 0 aliphatic carbocycles. The van der Waals surface area contributed by atoms with Crippen molar-refractivity contribution in [3.8, 4) is 0 Å². The number of nitrogens with zero attached hydrogens (tertiary/aromatic N) is 2. The average molecular weight is 311 g/mol. The number of benzene rings is 1. The lowest BCUT2D eigenvalue weighted by Crippen LogP contribution is -2.16. The number of nitrogens with one attached hydrogen (secondary N) is 1. The molecule has 0 amide bonds. The second-order valence-electron chi connectivity index (χ2n) is 6.05. The Kier molecular flexibility index (Phi) is 3.62. The van der Waals surface area contributed by atoms with E-state index in [-0.39, 0.29) is 0 Å². The number of hydrogen-bond acceptors (Lipinski definition) is 3. The molecular formula is C18H21N3S. The first-order valence-electron chi connectivity index (χ1n) is 8.07. The van der Waals surface area contributed by atoms with E-state index in [0.29, 0.717) is 0 Å². The highest BCUT2D eigenvalue weighted by molar-refractivity contribution is 7.15. The van der Waals surface area contributed by atoms with Crippen LogP contribution in [0.4, 0.5) is 5.00 Å². The SMILES string of the molecule is Cc1nc(CCc2c[nH]c3ccccc23)sc1N1CCCC1. The van der Waals surface area contributed by atoms with E-state index >= 15 is 0 Å². The smallest absolute Gasteiger partial charge is 0.114 e. The summed E-state index contributed by atoms with van der Waals surface area (Å²) < 4.78 is 0. The first-order chi connectivity index (χ1) is 10.8. The molecule has 0 bridgehead atoms. The summed E-state index contributed by atoms with van der Waals surface area (Å²) in [7, 11) is 0. The lowest BCUT2D eigenvalue weighted by Gasteiger charge is -2.14. The number of rotatable bonds is 4. The molecule has 3 heterocycles. The Hall–Kier alpha value is -1.81. The third-order valence-corrected chi connectivity index (χ3v) is 5.77. The molecule has 1 aliphatic heterocycles. The zero-order valence-corrected chi connectivity index (χ0v) is 13.7. The Bertz CT molecular complexity index is 781. The second-order valence-corrected chi connectivity index (χ2v) is 7.11. The number of anilines is 1. The van der Waals surface area contributed by atoms with Crippen molar-refractivity contribution in [3.05, 3.63) is 46.7 Å². The van der Waals surface area contributed by atoms with Crippen LogP contribution in [-0.4, -0.2) is 23.1 Å². The summed E-state index contributed by atoms with van der Waals surface area (Å²) in [6.07, 6.45) is 6.87. The van der Waals surface area contributed by atoms with Gasteiger partial charge in [0.15, 0.2) is 0 Å². The van der Waals surface area contributed by atoms with Crippen LogP contribution in [0.5, 0.6) is 0 Å². The summed E-state index contributed by atoms with van der Waals surface area (Å²) in [5, 5.41) is 4.01. The van der Waals surface area contributed by atoms with Crippen molar-refractivity contribution < 1.29 is 0 Å². The first-order valence-corrected chi connectivity index (χ1v) is 8.89. The molecule has 0 atom stereocenters. The van der Waals surface area contributed by atoms with Gasteiger partial charge >= 0.3 is 0 Å². The van der Waals surface area contributed by atoms with E-state index in [2.05, 4.69) is 47.3 Å². The van der Waals surface area contributed by atoms with Gasteiger partial charge in [-0.1, -0.05) is 18.2 Å². The zero-order chi connectivity index (χ0) is 14.9. The van der Waals surface area contributed by atoms with Gasteiger partial charge in [-0.15, -0.1) is 11.3 Å². The molecule has 0 spiro atoms. The normalized spacial score (nSPS) is 15.0. The molecule has 4 heteroatoms. The van der Waals surface area contributed by atoms with E-state index in [1.165, 1.54) is 58.1 Å². The molecule has 4 rings (SSSR count). The Labute approximate surface area is 135 Å². The quantitative estimate of drug-likeness (QED) is 0.778. The molecule has 0 radical (unpaired) electrons. The van der Waals surface area contributed by atoms with Crippen molar-refractivity contribution in [1.29, 1.82) is 0 Å². The lowest BCUT2D eigenvalue weighted by atomic mass is 10.1. The molecule has 3 nitrogen and oxygen atoms in total. The molecule has 1 aromatic carbocycles. The van der Waals surface area contributed by atoms with Gasteiger partial charge in [0.1, 0.15) is 5.00 Å². The van der Waals surface area contributed by atoms with Gasteiger partial charge < -0.3 is 9.88 Å². The van der Waals surface area contributed by atoms with Gasteiger partial charge in [0.25, 0.3) is 0 Å². The zero-order valence-electron chi connectivity index (χ0n) is 12.9. The molecule has 1 fully saturated rings. The third-order valence-electron chi connectivity index (χ3n) is 4.49. The fourth-order valence-corrected chi connectivity index (χ4v) is 4.46. The molecule has 114 valence electrons. The van der Waals surface area contributed by atoms with E-state index in [1.54, 1.807) is 0 Å². The molecule has 3 aromatic rings. The van der Waals surface area contributed by atoms with Crippen molar-refractivity contribution in [3.63, 3.8) is 0 Å². The fraction of sp³-hybridized carbons (Fsp3) is 0.389. The van der Waals surface area contributed by atoms with Crippen LogP contribution in [0.2, 0.25) is 0 Å². The Morgan fingerprint density at radius 2 is 2.00 bits per heavy atom. The lowest BCUT2D eigenvalue weighted by molar-refractivity contribution is 0.936.